The highest BCUT2D eigenvalue weighted by Crippen LogP contribution is 2.23. The summed E-state index contributed by atoms with van der Waals surface area (Å²) in [6.45, 7) is 2.24. The van der Waals surface area contributed by atoms with Crippen LogP contribution in [0.3, 0.4) is 0 Å². The summed E-state index contributed by atoms with van der Waals surface area (Å²) in [4.78, 5) is 0. The molecule has 0 unspecified atom stereocenters. The van der Waals surface area contributed by atoms with E-state index in [1.54, 1.807) is 18.2 Å². The van der Waals surface area contributed by atoms with Crippen LogP contribution in [0.15, 0.2) is 18.2 Å². The summed E-state index contributed by atoms with van der Waals surface area (Å²) in [5, 5.41) is 10.2. The number of rotatable bonds is 8. The number of hydrogen-bond donors (Lipinski definition) is 1. The van der Waals surface area contributed by atoms with Crippen molar-refractivity contribution < 1.29 is 5.11 Å². The Balaban J connectivity index is 2.15. The number of aromatic hydroxyl groups is 1. The summed E-state index contributed by atoms with van der Waals surface area (Å²) in [6.07, 6.45) is 10.1. The highest BCUT2D eigenvalue weighted by atomic mass is 35.5. The molecule has 0 atom stereocenters. The number of phenolic OH excluding ortho intramolecular Hbond substituents is 1. The van der Waals surface area contributed by atoms with Gasteiger partial charge in [-0.3, -0.25) is 0 Å². The molecule has 0 saturated carbocycles. The maximum absolute atomic E-state index is 9.38. The van der Waals surface area contributed by atoms with Crippen LogP contribution in [0.4, 0.5) is 0 Å². The van der Waals surface area contributed by atoms with Gasteiger partial charge in [-0.2, -0.15) is 0 Å². The lowest BCUT2D eigenvalue weighted by Gasteiger charge is -2.05. The van der Waals surface area contributed by atoms with E-state index in [4.69, 9.17) is 11.6 Å². The molecule has 0 aliphatic rings. The van der Waals surface area contributed by atoms with Crippen LogP contribution in [0, 0.1) is 0 Å². The molecule has 1 N–H and O–H groups in total. The van der Waals surface area contributed by atoms with Gasteiger partial charge in [0, 0.05) is 5.02 Å². The number of halogens is 1. The molecule has 0 radical (unpaired) electrons. The van der Waals surface area contributed by atoms with Gasteiger partial charge in [-0.1, -0.05) is 57.0 Å². The molecule has 1 aromatic rings. The lowest BCUT2D eigenvalue weighted by Crippen LogP contribution is -1.88. The number of hydrogen-bond acceptors (Lipinski definition) is 1. The van der Waals surface area contributed by atoms with Crippen LogP contribution in [-0.2, 0) is 6.42 Å². The van der Waals surface area contributed by atoms with Crippen LogP contribution in [0.1, 0.15) is 57.4 Å². The molecule has 96 valence electrons. The molecule has 1 rings (SSSR count). The van der Waals surface area contributed by atoms with Gasteiger partial charge in [0.25, 0.3) is 0 Å². The van der Waals surface area contributed by atoms with Crippen LogP contribution in [0.2, 0.25) is 5.02 Å². The maximum atomic E-state index is 9.38. The first kappa shape index (κ1) is 14.4. The van der Waals surface area contributed by atoms with Gasteiger partial charge >= 0.3 is 0 Å². The van der Waals surface area contributed by atoms with Gasteiger partial charge in [0.15, 0.2) is 0 Å². The monoisotopic (exact) mass is 254 g/mol. The van der Waals surface area contributed by atoms with Crippen molar-refractivity contribution in [2.45, 2.75) is 58.3 Å². The fraction of sp³-hybridized carbons (Fsp3) is 0.600. The zero-order valence-electron chi connectivity index (χ0n) is 10.7. The number of unbranched alkanes of at least 4 members (excludes halogenated alkanes) is 6. The van der Waals surface area contributed by atoms with Crippen molar-refractivity contribution in [1.29, 1.82) is 0 Å². The molecule has 1 aromatic carbocycles. The van der Waals surface area contributed by atoms with Gasteiger partial charge < -0.3 is 5.11 Å². The lowest BCUT2D eigenvalue weighted by atomic mass is 10.0. The second-order valence-corrected chi connectivity index (χ2v) is 5.05. The van der Waals surface area contributed by atoms with Crippen molar-refractivity contribution >= 4 is 11.6 Å². The predicted octanol–water partition coefficient (Wildman–Crippen LogP) is 5.34. The molecular formula is C15H23ClO. The van der Waals surface area contributed by atoms with E-state index in [0.717, 1.165) is 23.4 Å². The standard InChI is InChI=1S/C15H23ClO/c1-2-3-4-5-6-7-8-9-13-12-14(17)10-11-15(13)16/h10-12,17H,2-9H2,1H3. The van der Waals surface area contributed by atoms with E-state index in [2.05, 4.69) is 6.92 Å². The summed E-state index contributed by atoms with van der Waals surface area (Å²) in [5.74, 6) is 0.312. The van der Waals surface area contributed by atoms with Gasteiger partial charge in [-0.15, -0.1) is 0 Å². The zero-order valence-corrected chi connectivity index (χ0v) is 11.5. The Bertz CT molecular complexity index is 323. The minimum absolute atomic E-state index is 0.312. The first-order valence-electron chi connectivity index (χ1n) is 6.71. The molecule has 0 aliphatic carbocycles. The van der Waals surface area contributed by atoms with Gasteiger partial charge in [0.1, 0.15) is 5.75 Å². The van der Waals surface area contributed by atoms with Crippen molar-refractivity contribution in [3.8, 4) is 5.75 Å². The number of aryl methyl sites for hydroxylation is 1. The third-order valence-corrected chi connectivity index (χ3v) is 3.45. The second-order valence-electron chi connectivity index (χ2n) is 4.65. The maximum Gasteiger partial charge on any atom is 0.115 e. The average Bonchev–Trinajstić information content (AvgIpc) is 2.32. The van der Waals surface area contributed by atoms with Crippen molar-refractivity contribution in [1.82, 2.24) is 0 Å². The Kier molecular flexibility index (Phi) is 7.11. The Morgan fingerprint density at radius 2 is 1.65 bits per heavy atom. The minimum atomic E-state index is 0.312. The molecule has 0 heterocycles. The van der Waals surface area contributed by atoms with Crippen LogP contribution in [-0.4, -0.2) is 5.11 Å². The Morgan fingerprint density at radius 3 is 2.35 bits per heavy atom. The van der Waals surface area contributed by atoms with Crippen molar-refractivity contribution in [3.05, 3.63) is 28.8 Å². The molecule has 0 spiro atoms. The topological polar surface area (TPSA) is 20.2 Å². The fourth-order valence-electron chi connectivity index (χ4n) is 2.03. The van der Waals surface area contributed by atoms with E-state index in [9.17, 15) is 5.11 Å². The van der Waals surface area contributed by atoms with Gasteiger partial charge in [-0.25, -0.2) is 0 Å². The quantitative estimate of drug-likeness (QED) is 0.621. The molecule has 17 heavy (non-hydrogen) atoms. The molecule has 0 fully saturated rings. The Hall–Kier alpha value is -0.690. The molecule has 0 saturated heterocycles. The summed E-state index contributed by atoms with van der Waals surface area (Å²) in [5.41, 5.74) is 1.07. The average molecular weight is 255 g/mol. The zero-order chi connectivity index (χ0) is 12.5. The third-order valence-electron chi connectivity index (χ3n) is 3.08. The minimum Gasteiger partial charge on any atom is -0.508 e. The van der Waals surface area contributed by atoms with Crippen molar-refractivity contribution in [3.63, 3.8) is 0 Å². The Labute approximate surface area is 110 Å². The fourth-order valence-corrected chi connectivity index (χ4v) is 2.24. The summed E-state index contributed by atoms with van der Waals surface area (Å²) < 4.78 is 0. The van der Waals surface area contributed by atoms with E-state index in [1.807, 2.05) is 0 Å². The molecular weight excluding hydrogens is 232 g/mol. The lowest BCUT2D eigenvalue weighted by molar-refractivity contribution is 0.474. The second kappa shape index (κ2) is 8.41. The summed E-state index contributed by atoms with van der Waals surface area (Å²) in [7, 11) is 0. The van der Waals surface area contributed by atoms with Gasteiger partial charge in [0.2, 0.25) is 0 Å². The Morgan fingerprint density at radius 1 is 1.00 bits per heavy atom. The highest BCUT2D eigenvalue weighted by molar-refractivity contribution is 6.31. The normalized spacial score (nSPS) is 10.7. The van der Waals surface area contributed by atoms with Crippen LogP contribution in [0.5, 0.6) is 5.75 Å². The first-order valence-corrected chi connectivity index (χ1v) is 7.09. The molecule has 0 bridgehead atoms. The molecule has 0 amide bonds. The number of benzene rings is 1. The van der Waals surface area contributed by atoms with Crippen LogP contribution in [0.25, 0.3) is 0 Å². The third kappa shape index (κ3) is 5.97. The molecule has 0 aromatic heterocycles. The van der Waals surface area contributed by atoms with Crippen LogP contribution >= 0.6 is 11.6 Å². The van der Waals surface area contributed by atoms with Crippen molar-refractivity contribution in [2.75, 3.05) is 0 Å². The van der Waals surface area contributed by atoms with Crippen LogP contribution < -0.4 is 0 Å². The summed E-state index contributed by atoms with van der Waals surface area (Å²) in [6, 6.07) is 5.18. The van der Waals surface area contributed by atoms with E-state index in [-0.39, 0.29) is 0 Å². The van der Waals surface area contributed by atoms with Crippen molar-refractivity contribution in [2.24, 2.45) is 0 Å². The van der Waals surface area contributed by atoms with E-state index in [0.29, 0.717) is 5.75 Å². The SMILES string of the molecule is CCCCCCCCCc1cc(O)ccc1Cl. The predicted molar refractivity (Wildman–Crippen MR) is 74.8 cm³/mol. The molecule has 2 heteroatoms. The van der Waals surface area contributed by atoms with E-state index < -0.39 is 0 Å². The first-order chi connectivity index (χ1) is 8.24. The summed E-state index contributed by atoms with van der Waals surface area (Å²) >= 11 is 6.07. The number of phenols is 1. The smallest absolute Gasteiger partial charge is 0.115 e. The van der Waals surface area contributed by atoms with E-state index >= 15 is 0 Å². The largest absolute Gasteiger partial charge is 0.508 e. The molecule has 1 nitrogen and oxygen atoms in total. The highest BCUT2D eigenvalue weighted by Gasteiger charge is 2.01. The van der Waals surface area contributed by atoms with Gasteiger partial charge in [0.05, 0.1) is 0 Å². The molecule has 0 aliphatic heterocycles. The van der Waals surface area contributed by atoms with E-state index in [1.165, 1.54) is 38.5 Å². The van der Waals surface area contributed by atoms with Gasteiger partial charge in [-0.05, 0) is 36.6 Å².